The molecule has 1 aromatic heterocycles. The minimum atomic E-state index is 0.203. The number of para-hydroxylation sites is 1. The Kier molecular flexibility index (Phi) is 3.55. The van der Waals surface area contributed by atoms with Gasteiger partial charge in [0.25, 0.3) is 0 Å². The maximum Gasteiger partial charge on any atom is 0.245 e. The van der Waals surface area contributed by atoms with E-state index in [0.717, 1.165) is 32.5 Å². The van der Waals surface area contributed by atoms with Gasteiger partial charge in [-0.2, -0.15) is 4.98 Å². The van der Waals surface area contributed by atoms with Crippen LogP contribution in [0.1, 0.15) is 19.8 Å². The summed E-state index contributed by atoms with van der Waals surface area (Å²) in [6.45, 7) is 4.77. The Balaban J connectivity index is 1.76. The zero-order chi connectivity index (χ0) is 14.9. The molecule has 2 heterocycles. The summed E-state index contributed by atoms with van der Waals surface area (Å²) in [4.78, 5) is 6.67. The highest BCUT2D eigenvalue weighted by Crippen LogP contribution is 2.32. The van der Waals surface area contributed by atoms with Crippen molar-refractivity contribution >= 4 is 5.95 Å². The quantitative estimate of drug-likeness (QED) is 0.800. The molecule has 1 saturated heterocycles. The number of nitrogens with one attached hydrogen (secondary N) is 1. The third kappa shape index (κ3) is 2.71. The fourth-order valence-electron chi connectivity index (χ4n) is 2.64. The number of phenolic OH excluding ortho intramolecular Hbond substituents is 1. The molecule has 0 unspecified atom stereocenters. The standard InChI is InChI=1S/C15H21N5O/c1-15(10-16)6-8-20(9-7-15)14-17-13(18-19-14)11-4-2-3-5-12(11)21/h2-5,21H,6-10,16H2,1H3,(H,17,18,19). The average molecular weight is 287 g/mol. The van der Waals surface area contributed by atoms with Crippen molar-refractivity contribution in [2.24, 2.45) is 11.1 Å². The molecule has 1 aliphatic rings. The van der Waals surface area contributed by atoms with E-state index in [9.17, 15) is 5.11 Å². The van der Waals surface area contributed by atoms with E-state index in [1.54, 1.807) is 12.1 Å². The van der Waals surface area contributed by atoms with Crippen molar-refractivity contribution in [2.75, 3.05) is 24.5 Å². The molecule has 3 rings (SSSR count). The molecule has 0 aliphatic carbocycles. The maximum absolute atomic E-state index is 9.87. The van der Waals surface area contributed by atoms with Gasteiger partial charge in [0.1, 0.15) is 5.75 Å². The van der Waals surface area contributed by atoms with Crippen LogP contribution in [0.25, 0.3) is 11.4 Å². The number of nitrogens with two attached hydrogens (primary N) is 1. The first kappa shape index (κ1) is 13.9. The minimum absolute atomic E-state index is 0.203. The highest BCUT2D eigenvalue weighted by molar-refractivity contribution is 5.64. The normalized spacial score (nSPS) is 17.9. The molecule has 6 heteroatoms. The van der Waals surface area contributed by atoms with Crippen LogP contribution in [0.4, 0.5) is 5.95 Å². The van der Waals surface area contributed by atoms with Crippen LogP contribution in [0.5, 0.6) is 5.75 Å². The number of rotatable bonds is 3. The van der Waals surface area contributed by atoms with Crippen molar-refractivity contribution in [2.45, 2.75) is 19.8 Å². The number of anilines is 1. The van der Waals surface area contributed by atoms with Gasteiger partial charge < -0.3 is 15.7 Å². The molecule has 0 radical (unpaired) electrons. The van der Waals surface area contributed by atoms with Crippen molar-refractivity contribution in [1.82, 2.24) is 15.2 Å². The SMILES string of the molecule is CC1(CN)CCN(c2n[nH]c(-c3ccccc3O)n2)CC1. The van der Waals surface area contributed by atoms with E-state index < -0.39 is 0 Å². The third-order valence-corrected chi connectivity index (χ3v) is 4.38. The number of aromatic hydroxyl groups is 1. The van der Waals surface area contributed by atoms with E-state index in [1.807, 2.05) is 12.1 Å². The summed E-state index contributed by atoms with van der Waals surface area (Å²) in [5.74, 6) is 1.48. The van der Waals surface area contributed by atoms with Crippen LogP contribution >= 0.6 is 0 Å². The van der Waals surface area contributed by atoms with Gasteiger partial charge in [-0.15, -0.1) is 5.10 Å². The Labute approximate surface area is 124 Å². The first-order chi connectivity index (χ1) is 10.1. The summed E-state index contributed by atoms with van der Waals surface area (Å²) in [5, 5.41) is 17.1. The number of aromatic amines is 1. The van der Waals surface area contributed by atoms with Gasteiger partial charge in [-0.1, -0.05) is 19.1 Å². The largest absolute Gasteiger partial charge is 0.507 e. The van der Waals surface area contributed by atoms with Gasteiger partial charge >= 0.3 is 0 Å². The number of H-pyrrole nitrogens is 1. The summed E-state index contributed by atoms with van der Waals surface area (Å²) in [6.07, 6.45) is 2.09. The first-order valence-electron chi connectivity index (χ1n) is 7.27. The molecule has 112 valence electrons. The van der Waals surface area contributed by atoms with Crippen LogP contribution < -0.4 is 10.6 Å². The fraction of sp³-hybridized carbons (Fsp3) is 0.467. The molecule has 1 fully saturated rings. The van der Waals surface area contributed by atoms with Gasteiger partial charge in [0.05, 0.1) is 5.56 Å². The topological polar surface area (TPSA) is 91.1 Å². The van der Waals surface area contributed by atoms with E-state index in [0.29, 0.717) is 17.3 Å². The van der Waals surface area contributed by atoms with Gasteiger partial charge in [-0.05, 0) is 36.9 Å². The Morgan fingerprint density at radius 2 is 2.05 bits per heavy atom. The van der Waals surface area contributed by atoms with Crippen molar-refractivity contribution in [3.63, 3.8) is 0 Å². The second-order valence-corrected chi connectivity index (χ2v) is 6.00. The minimum Gasteiger partial charge on any atom is -0.507 e. The van der Waals surface area contributed by atoms with Crippen LogP contribution in [0.2, 0.25) is 0 Å². The molecule has 0 saturated carbocycles. The molecule has 0 atom stereocenters. The maximum atomic E-state index is 9.87. The molecule has 1 aliphatic heterocycles. The van der Waals surface area contributed by atoms with E-state index in [2.05, 4.69) is 27.0 Å². The smallest absolute Gasteiger partial charge is 0.245 e. The van der Waals surface area contributed by atoms with Crippen LogP contribution in [0.15, 0.2) is 24.3 Å². The molecule has 2 aromatic rings. The molecule has 6 nitrogen and oxygen atoms in total. The van der Waals surface area contributed by atoms with Crippen molar-refractivity contribution in [3.8, 4) is 17.1 Å². The predicted octanol–water partition coefficient (Wildman–Crippen LogP) is 1.74. The Morgan fingerprint density at radius 1 is 1.33 bits per heavy atom. The number of piperidine rings is 1. The van der Waals surface area contributed by atoms with Gasteiger partial charge in [-0.25, -0.2) is 0 Å². The molecular formula is C15H21N5O. The summed E-state index contributed by atoms with van der Waals surface area (Å²) in [5.41, 5.74) is 6.73. The van der Waals surface area contributed by atoms with Gasteiger partial charge in [0.2, 0.25) is 5.95 Å². The fourth-order valence-corrected chi connectivity index (χ4v) is 2.64. The number of hydrogen-bond donors (Lipinski definition) is 3. The first-order valence-corrected chi connectivity index (χ1v) is 7.27. The number of benzene rings is 1. The Hall–Kier alpha value is -2.08. The van der Waals surface area contributed by atoms with E-state index in [1.165, 1.54) is 0 Å². The molecule has 21 heavy (non-hydrogen) atoms. The van der Waals surface area contributed by atoms with E-state index >= 15 is 0 Å². The third-order valence-electron chi connectivity index (χ3n) is 4.38. The average Bonchev–Trinajstić information content (AvgIpc) is 2.98. The van der Waals surface area contributed by atoms with Crippen LogP contribution in [0.3, 0.4) is 0 Å². The molecule has 4 N–H and O–H groups in total. The predicted molar refractivity (Wildman–Crippen MR) is 82.1 cm³/mol. The Morgan fingerprint density at radius 3 is 2.71 bits per heavy atom. The summed E-state index contributed by atoms with van der Waals surface area (Å²) >= 11 is 0. The highest BCUT2D eigenvalue weighted by atomic mass is 16.3. The summed E-state index contributed by atoms with van der Waals surface area (Å²) < 4.78 is 0. The van der Waals surface area contributed by atoms with Crippen LogP contribution in [-0.2, 0) is 0 Å². The lowest BCUT2D eigenvalue weighted by molar-refractivity contribution is 0.257. The van der Waals surface area contributed by atoms with Gasteiger partial charge in [0, 0.05) is 13.1 Å². The van der Waals surface area contributed by atoms with Gasteiger partial charge in [-0.3, -0.25) is 5.10 Å². The Bertz CT molecular complexity index is 616. The van der Waals surface area contributed by atoms with Gasteiger partial charge in [0.15, 0.2) is 5.82 Å². The number of aromatic nitrogens is 3. The number of phenols is 1. The second-order valence-electron chi connectivity index (χ2n) is 6.00. The lowest BCUT2D eigenvalue weighted by Crippen LogP contribution is -2.42. The van der Waals surface area contributed by atoms with E-state index in [4.69, 9.17) is 5.73 Å². The van der Waals surface area contributed by atoms with Crippen molar-refractivity contribution in [1.29, 1.82) is 0 Å². The molecule has 1 aromatic carbocycles. The van der Waals surface area contributed by atoms with Crippen LogP contribution in [0, 0.1) is 5.41 Å². The van der Waals surface area contributed by atoms with Crippen molar-refractivity contribution in [3.05, 3.63) is 24.3 Å². The van der Waals surface area contributed by atoms with Crippen LogP contribution in [-0.4, -0.2) is 39.9 Å². The molecule has 0 spiro atoms. The number of nitrogens with zero attached hydrogens (tertiary/aromatic N) is 3. The lowest BCUT2D eigenvalue weighted by atomic mass is 9.81. The second kappa shape index (κ2) is 5.37. The zero-order valence-electron chi connectivity index (χ0n) is 12.2. The number of hydrogen-bond acceptors (Lipinski definition) is 5. The molecular weight excluding hydrogens is 266 g/mol. The summed E-state index contributed by atoms with van der Waals surface area (Å²) in [6, 6.07) is 7.12. The molecule has 0 bridgehead atoms. The highest BCUT2D eigenvalue weighted by Gasteiger charge is 2.30. The molecule has 0 amide bonds. The lowest BCUT2D eigenvalue weighted by Gasteiger charge is -2.38. The van der Waals surface area contributed by atoms with E-state index in [-0.39, 0.29) is 11.2 Å². The monoisotopic (exact) mass is 287 g/mol. The van der Waals surface area contributed by atoms with Crippen molar-refractivity contribution < 1.29 is 5.11 Å². The zero-order valence-corrected chi connectivity index (χ0v) is 12.2. The summed E-state index contributed by atoms with van der Waals surface area (Å²) in [7, 11) is 0.